The molecule has 0 unspecified atom stereocenters. The molecule has 0 fully saturated rings. The molecule has 0 saturated heterocycles. The lowest BCUT2D eigenvalue weighted by Crippen LogP contribution is -2.07. The first-order valence-electron chi connectivity index (χ1n) is 14.4. The number of hydrogen-bond acceptors (Lipinski definition) is 2. The molecule has 0 spiro atoms. The van der Waals surface area contributed by atoms with Gasteiger partial charge in [-0.25, -0.2) is 0 Å². The van der Waals surface area contributed by atoms with E-state index in [2.05, 4.69) is 46.0 Å². The van der Waals surface area contributed by atoms with Crippen molar-refractivity contribution in [2.45, 2.75) is 13.1 Å². The maximum Gasteiger partial charge on any atom is 0.416 e. The van der Waals surface area contributed by atoms with E-state index in [1.807, 2.05) is 66.1 Å². The van der Waals surface area contributed by atoms with Crippen LogP contribution >= 0.6 is 0 Å². The second-order valence-electron chi connectivity index (χ2n) is 11.2. The average Bonchev–Trinajstić information content (AvgIpc) is 3.56. The molecule has 5 aromatic carbocycles. The molecule has 4 nitrogen and oxygen atoms in total. The number of halogens is 3. The number of rotatable bonds is 3. The number of hydrogen-bond donors (Lipinski definition) is 0. The molecule has 0 N–H and O–H groups in total. The zero-order valence-electron chi connectivity index (χ0n) is 24.0. The second-order valence-corrected chi connectivity index (χ2v) is 11.2. The van der Waals surface area contributed by atoms with Crippen molar-refractivity contribution >= 4 is 43.6 Å². The van der Waals surface area contributed by atoms with E-state index >= 15 is 0 Å². The van der Waals surface area contributed by atoms with E-state index in [9.17, 15) is 18.4 Å². The molecular weight excluding hydrogens is 569 g/mol. The number of nitrogens with zero attached hydrogens (tertiary/aromatic N) is 4. The average molecular weight is 593 g/mol. The van der Waals surface area contributed by atoms with Crippen LogP contribution in [-0.2, 0) is 6.18 Å². The topological polar surface area (TPSA) is 46.5 Å². The first kappa shape index (κ1) is 26.7. The van der Waals surface area contributed by atoms with Crippen molar-refractivity contribution in [3.8, 4) is 28.6 Å². The van der Waals surface area contributed by atoms with Gasteiger partial charge in [0.25, 0.3) is 0 Å². The van der Waals surface area contributed by atoms with Crippen molar-refractivity contribution in [2.24, 2.45) is 0 Å². The normalized spacial score (nSPS) is 12.0. The first-order chi connectivity index (χ1) is 21.8. The van der Waals surface area contributed by atoms with Gasteiger partial charge in [-0.05, 0) is 72.6 Å². The number of para-hydroxylation sites is 2. The Balaban J connectivity index is 1.60. The van der Waals surface area contributed by atoms with Gasteiger partial charge < -0.3 is 9.13 Å². The fourth-order valence-corrected chi connectivity index (χ4v) is 6.59. The van der Waals surface area contributed by atoms with E-state index in [1.54, 1.807) is 18.5 Å². The molecule has 216 valence electrons. The van der Waals surface area contributed by atoms with Gasteiger partial charge in [0.2, 0.25) is 0 Å². The van der Waals surface area contributed by atoms with Gasteiger partial charge in [0, 0.05) is 39.5 Å². The predicted molar refractivity (Wildman–Crippen MR) is 173 cm³/mol. The molecule has 0 radical (unpaired) electrons. The van der Waals surface area contributed by atoms with E-state index in [1.165, 1.54) is 12.1 Å². The van der Waals surface area contributed by atoms with E-state index < -0.39 is 11.7 Å². The highest BCUT2D eigenvalue weighted by molar-refractivity contribution is 6.12. The standard InChI is InChI=1S/C38H23F3N4/c1-23-10-12-29-27-6-2-4-8-31(27)44(33(29)18-23)35-19-24(22-42)20-36(37(35)25-14-16-43-17-15-25)45-32-9-5-3-7-28(32)30-13-11-26(21-34(30)45)38(39,40)41/h2-21H,1H3. The summed E-state index contributed by atoms with van der Waals surface area (Å²) in [5.41, 5.74) is 6.71. The van der Waals surface area contributed by atoms with Gasteiger partial charge in [0.05, 0.1) is 50.6 Å². The third kappa shape index (κ3) is 4.10. The number of nitriles is 1. The van der Waals surface area contributed by atoms with Crippen molar-refractivity contribution in [1.82, 2.24) is 14.1 Å². The summed E-state index contributed by atoms with van der Waals surface area (Å²) < 4.78 is 46.3. The Labute approximate surface area is 255 Å². The highest BCUT2D eigenvalue weighted by Gasteiger charge is 2.32. The number of fused-ring (bicyclic) bond motifs is 6. The molecule has 0 atom stereocenters. The Bertz CT molecular complexity index is 2500. The molecule has 0 bridgehead atoms. The molecule has 7 heteroatoms. The van der Waals surface area contributed by atoms with Crippen molar-refractivity contribution in [2.75, 3.05) is 0 Å². The number of pyridine rings is 1. The number of benzene rings is 5. The minimum atomic E-state index is -4.52. The summed E-state index contributed by atoms with van der Waals surface area (Å²) in [6, 6.07) is 35.6. The third-order valence-corrected chi connectivity index (χ3v) is 8.51. The lowest BCUT2D eigenvalue weighted by Gasteiger charge is -2.21. The van der Waals surface area contributed by atoms with Crippen molar-refractivity contribution in [3.63, 3.8) is 0 Å². The smallest absolute Gasteiger partial charge is 0.308 e. The molecular formula is C38H23F3N4. The molecule has 8 aromatic rings. The highest BCUT2D eigenvalue weighted by atomic mass is 19.4. The fraction of sp³-hybridized carbons (Fsp3) is 0.0526. The van der Waals surface area contributed by atoms with Crippen LogP contribution in [0.25, 0.3) is 66.1 Å². The van der Waals surface area contributed by atoms with Crippen LogP contribution in [0.1, 0.15) is 16.7 Å². The summed E-state index contributed by atoms with van der Waals surface area (Å²) >= 11 is 0. The van der Waals surface area contributed by atoms with Crippen LogP contribution in [0.5, 0.6) is 0 Å². The molecule has 0 aliphatic carbocycles. The van der Waals surface area contributed by atoms with Crippen LogP contribution in [0.3, 0.4) is 0 Å². The quantitative estimate of drug-likeness (QED) is 0.205. The minimum Gasteiger partial charge on any atom is -0.308 e. The van der Waals surface area contributed by atoms with Crippen molar-refractivity contribution in [1.29, 1.82) is 5.26 Å². The van der Waals surface area contributed by atoms with Gasteiger partial charge in [0.15, 0.2) is 0 Å². The summed E-state index contributed by atoms with van der Waals surface area (Å²) in [5.74, 6) is 0. The minimum absolute atomic E-state index is 0.384. The summed E-state index contributed by atoms with van der Waals surface area (Å²) in [7, 11) is 0. The lowest BCUT2D eigenvalue weighted by molar-refractivity contribution is -0.137. The SMILES string of the molecule is Cc1ccc2c3ccccc3n(-c3cc(C#N)cc(-n4c5ccccc5c5ccc(C(F)(F)F)cc54)c3-c3ccncc3)c2c1. The van der Waals surface area contributed by atoms with Crippen LogP contribution in [0, 0.1) is 18.3 Å². The van der Waals surface area contributed by atoms with Crippen LogP contribution in [0.2, 0.25) is 0 Å². The van der Waals surface area contributed by atoms with Gasteiger partial charge in [-0.2, -0.15) is 18.4 Å². The van der Waals surface area contributed by atoms with Crippen LogP contribution < -0.4 is 0 Å². The number of aryl methyl sites for hydroxylation is 1. The lowest BCUT2D eigenvalue weighted by atomic mass is 9.99. The van der Waals surface area contributed by atoms with Gasteiger partial charge in [-0.3, -0.25) is 4.98 Å². The molecule has 0 amide bonds. The Morgan fingerprint density at radius 1 is 0.622 bits per heavy atom. The third-order valence-electron chi connectivity index (χ3n) is 8.51. The molecule has 8 rings (SSSR count). The van der Waals surface area contributed by atoms with Crippen LogP contribution in [-0.4, -0.2) is 14.1 Å². The van der Waals surface area contributed by atoms with E-state index in [-0.39, 0.29) is 0 Å². The molecule has 45 heavy (non-hydrogen) atoms. The Morgan fingerprint density at radius 3 is 1.73 bits per heavy atom. The molecule has 0 saturated carbocycles. The second kappa shape index (κ2) is 9.83. The highest BCUT2D eigenvalue weighted by Crippen LogP contribution is 2.43. The maximum atomic E-state index is 14.1. The monoisotopic (exact) mass is 592 g/mol. The predicted octanol–water partition coefficient (Wildman–Crippen LogP) is 10.1. The Morgan fingerprint density at radius 2 is 1.16 bits per heavy atom. The van der Waals surface area contributed by atoms with E-state index in [0.717, 1.165) is 61.2 Å². The van der Waals surface area contributed by atoms with Crippen LogP contribution in [0.4, 0.5) is 13.2 Å². The zero-order chi connectivity index (χ0) is 30.9. The van der Waals surface area contributed by atoms with E-state index in [0.29, 0.717) is 22.2 Å². The summed E-state index contributed by atoms with van der Waals surface area (Å²) in [4.78, 5) is 4.25. The van der Waals surface area contributed by atoms with Gasteiger partial charge >= 0.3 is 6.18 Å². The number of aromatic nitrogens is 3. The van der Waals surface area contributed by atoms with Gasteiger partial charge in [-0.1, -0.05) is 54.6 Å². The summed E-state index contributed by atoms with van der Waals surface area (Å²) in [6.07, 6.45) is -1.13. The van der Waals surface area contributed by atoms with E-state index in [4.69, 9.17) is 0 Å². The zero-order valence-corrected chi connectivity index (χ0v) is 24.0. The Kier molecular flexibility index (Phi) is 5.84. The summed E-state index contributed by atoms with van der Waals surface area (Å²) in [6.45, 7) is 2.04. The van der Waals surface area contributed by atoms with Crippen molar-refractivity contribution < 1.29 is 13.2 Å². The van der Waals surface area contributed by atoms with Gasteiger partial charge in [0.1, 0.15) is 0 Å². The van der Waals surface area contributed by atoms with Crippen LogP contribution in [0.15, 0.2) is 122 Å². The first-order valence-corrected chi connectivity index (χ1v) is 14.4. The largest absolute Gasteiger partial charge is 0.416 e. The fourth-order valence-electron chi connectivity index (χ4n) is 6.59. The van der Waals surface area contributed by atoms with Crippen molar-refractivity contribution in [3.05, 3.63) is 138 Å². The molecule has 0 aliphatic rings. The molecule has 3 aromatic heterocycles. The Hall–Kier alpha value is -5.87. The number of alkyl halides is 3. The maximum absolute atomic E-state index is 14.1. The van der Waals surface area contributed by atoms with Gasteiger partial charge in [-0.15, -0.1) is 0 Å². The molecule has 0 aliphatic heterocycles. The molecule has 3 heterocycles. The summed E-state index contributed by atoms with van der Waals surface area (Å²) in [5, 5.41) is 14.0.